The van der Waals surface area contributed by atoms with Gasteiger partial charge in [0.05, 0.1) is 21.7 Å². The molecule has 0 bridgehead atoms. The highest BCUT2D eigenvalue weighted by molar-refractivity contribution is 6.33. The van der Waals surface area contributed by atoms with Crippen molar-refractivity contribution in [2.24, 2.45) is 0 Å². The predicted molar refractivity (Wildman–Crippen MR) is 94.5 cm³/mol. The average molecular weight is 348 g/mol. The lowest BCUT2D eigenvalue weighted by molar-refractivity contribution is -0.117. The Bertz CT molecular complexity index is 829. The molecule has 1 fully saturated rings. The quantitative estimate of drug-likeness (QED) is 0.756. The van der Waals surface area contributed by atoms with Gasteiger partial charge in [-0.2, -0.15) is 0 Å². The third kappa shape index (κ3) is 2.80. The largest absolute Gasteiger partial charge is 0.342 e. The van der Waals surface area contributed by atoms with Gasteiger partial charge in [0, 0.05) is 18.9 Å². The molecule has 1 N–H and O–H groups in total. The molecule has 0 radical (unpaired) electrons. The number of imidazole rings is 1. The number of H-pyrrole nitrogens is 1. The molecule has 1 amide bonds. The standard InChI is InChI=1S/C17H14ClN3O.ClH/c18-12-5-1-4-8-15(12)21-10-11(9-16(21)22)17-19-13-6-2-3-7-14(13)20-17;/h1-8,11H,9-10H2,(H,19,20);1H. The van der Waals surface area contributed by atoms with Crippen molar-refractivity contribution < 1.29 is 4.79 Å². The van der Waals surface area contributed by atoms with Crippen molar-refractivity contribution >= 4 is 46.6 Å². The fraction of sp³-hybridized carbons (Fsp3) is 0.176. The van der Waals surface area contributed by atoms with E-state index in [9.17, 15) is 4.79 Å². The van der Waals surface area contributed by atoms with Crippen LogP contribution in [0.2, 0.25) is 5.02 Å². The number of hydrogen-bond acceptors (Lipinski definition) is 2. The van der Waals surface area contributed by atoms with Crippen molar-refractivity contribution in [3.63, 3.8) is 0 Å². The summed E-state index contributed by atoms with van der Waals surface area (Å²) in [6.45, 7) is 0.600. The maximum Gasteiger partial charge on any atom is 0.227 e. The molecule has 6 heteroatoms. The number of amides is 1. The summed E-state index contributed by atoms with van der Waals surface area (Å²) in [5.74, 6) is 1.01. The van der Waals surface area contributed by atoms with Crippen LogP contribution >= 0.6 is 24.0 Å². The second kappa shape index (κ2) is 6.22. The highest BCUT2D eigenvalue weighted by atomic mass is 35.5. The number of carbonyl (C=O) groups is 1. The van der Waals surface area contributed by atoms with Gasteiger partial charge in [0.1, 0.15) is 5.82 Å². The number of halogens is 2. The Hall–Kier alpha value is -2.04. The maximum atomic E-state index is 12.4. The number of rotatable bonds is 2. The Morgan fingerprint density at radius 1 is 1.13 bits per heavy atom. The van der Waals surface area contributed by atoms with Crippen LogP contribution < -0.4 is 4.90 Å². The first-order valence-corrected chi connectivity index (χ1v) is 7.60. The van der Waals surface area contributed by atoms with E-state index in [0.29, 0.717) is 18.0 Å². The number of fused-ring (bicyclic) bond motifs is 1. The van der Waals surface area contributed by atoms with E-state index < -0.39 is 0 Å². The molecule has 0 spiro atoms. The molecule has 3 aromatic rings. The van der Waals surface area contributed by atoms with Gasteiger partial charge in [0.15, 0.2) is 0 Å². The number of aromatic nitrogens is 2. The van der Waals surface area contributed by atoms with Gasteiger partial charge in [0.25, 0.3) is 0 Å². The Kier molecular flexibility index (Phi) is 4.28. The van der Waals surface area contributed by atoms with Gasteiger partial charge in [-0.05, 0) is 24.3 Å². The molecule has 1 aliphatic rings. The van der Waals surface area contributed by atoms with Crippen LogP contribution in [0.25, 0.3) is 11.0 Å². The van der Waals surface area contributed by atoms with Gasteiger partial charge in [-0.1, -0.05) is 35.9 Å². The van der Waals surface area contributed by atoms with Gasteiger partial charge in [-0.15, -0.1) is 12.4 Å². The summed E-state index contributed by atoms with van der Waals surface area (Å²) in [5.41, 5.74) is 2.70. The van der Waals surface area contributed by atoms with E-state index in [2.05, 4.69) is 9.97 Å². The molecule has 1 saturated heterocycles. The van der Waals surface area contributed by atoms with Gasteiger partial charge in [0.2, 0.25) is 5.91 Å². The number of carbonyl (C=O) groups excluding carboxylic acids is 1. The number of nitrogens with one attached hydrogen (secondary N) is 1. The first-order valence-electron chi connectivity index (χ1n) is 7.22. The minimum Gasteiger partial charge on any atom is -0.342 e. The summed E-state index contributed by atoms with van der Waals surface area (Å²) < 4.78 is 0. The number of anilines is 1. The van der Waals surface area contributed by atoms with Crippen molar-refractivity contribution in [2.45, 2.75) is 12.3 Å². The zero-order chi connectivity index (χ0) is 15.1. The van der Waals surface area contributed by atoms with Crippen LogP contribution in [0, 0.1) is 0 Å². The molecule has 1 unspecified atom stereocenters. The molecule has 2 aromatic carbocycles. The van der Waals surface area contributed by atoms with Gasteiger partial charge >= 0.3 is 0 Å². The highest BCUT2D eigenvalue weighted by Crippen LogP contribution is 2.34. The van der Waals surface area contributed by atoms with E-state index in [4.69, 9.17) is 11.6 Å². The molecule has 0 saturated carbocycles. The van der Waals surface area contributed by atoms with Crippen LogP contribution in [0.1, 0.15) is 18.2 Å². The lowest BCUT2D eigenvalue weighted by Crippen LogP contribution is -2.24. The van der Waals surface area contributed by atoms with Crippen molar-refractivity contribution in [1.82, 2.24) is 9.97 Å². The second-order valence-corrected chi connectivity index (χ2v) is 5.90. The molecule has 23 heavy (non-hydrogen) atoms. The summed E-state index contributed by atoms with van der Waals surface area (Å²) >= 11 is 6.21. The molecule has 1 aliphatic heterocycles. The average Bonchev–Trinajstić information content (AvgIpc) is 3.11. The third-order valence-corrected chi connectivity index (χ3v) is 4.38. The number of nitrogens with zero attached hydrogens (tertiary/aromatic N) is 2. The number of aromatic amines is 1. The molecule has 2 heterocycles. The number of para-hydroxylation sites is 3. The number of benzene rings is 2. The molecule has 1 atom stereocenters. The van der Waals surface area contributed by atoms with Crippen molar-refractivity contribution in [3.05, 3.63) is 59.4 Å². The van der Waals surface area contributed by atoms with Crippen molar-refractivity contribution in [1.29, 1.82) is 0 Å². The molecule has 0 aliphatic carbocycles. The first-order chi connectivity index (χ1) is 10.7. The Morgan fingerprint density at radius 2 is 1.87 bits per heavy atom. The van der Waals surface area contributed by atoms with E-state index in [1.165, 1.54) is 0 Å². The van der Waals surface area contributed by atoms with E-state index in [1.807, 2.05) is 42.5 Å². The second-order valence-electron chi connectivity index (χ2n) is 5.50. The van der Waals surface area contributed by atoms with Crippen LogP contribution in [-0.2, 0) is 4.79 Å². The van der Waals surface area contributed by atoms with E-state index in [-0.39, 0.29) is 24.2 Å². The summed E-state index contributed by atoms with van der Waals surface area (Å²) in [7, 11) is 0. The maximum absolute atomic E-state index is 12.4. The predicted octanol–water partition coefficient (Wildman–Crippen LogP) is 4.16. The SMILES string of the molecule is Cl.O=C1CC(c2nc3ccccc3[nH]2)CN1c1ccccc1Cl. The molecular formula is C17H15Cl2N3O. The topological polar surface area (TPSA) is 49.0 Å². The van der Waals surface area contributed by atoms with E-state index in [0.717, 1.165) is 22.5 Å². The molecule has 4 nitrogen and oxygen atoms in total. The normalized spacial score (nSPS) is 17.5. The molecule has 1 aromatic heterocycles. The fourth-order valence-electron chi connectivity index (χ4n) is 2.96. The smallest absolute Gasteiger partial charge is 0.227 e. The summed E-state index contributed by atoms with van der Waals surface area (Å²) in [6.07, 6.45) is 0.449. The van der Waals surface area contributed by atoms with Crippen LogP contribution in [0.5, 0.6) is 0 Å². The van der Waals surface area contributed by atoms with Gasteiger partial charge < -0.3 is 9.88 Å². The van der Waals surface area contributed by atoms with Crippen LogP contribution in [0.3, 0.4) is 0 Å². The Balaban J connectivity index is 0.00000156. The minimum absolute atomic E-state index is 0. The molecular weight excluding hydrogens is 333 g/mol. The van der Waals surface area contributed by atoms with Crippen molar-refractivity contribution in [2.75, 3.05) is 11.4 Å². The molecule has 118 valence electrons. The van der Waals surface area contributed by atoms with Crippen LogP contribution in [0.15, 0.2) is 48.5 Å². The monoisotopic (exact) mass is 347 g/mol. The van der Waals surface area contributed by atoms with Crippen LogP contribution in [0.4, 0.5) is 5.69 Å². The Morgan fingerprint density at radius 3 is 2.65 bits per heavy atom. The Labute approximate surface area is 144 Å². The fourth-order valence-corrected chi connectivity index (χ4v) is 3.20. The molecule has 4 rings (SSSR count). The summed E-state index contributed by atoms with van der Waals surface area (Å²) in [4.78, 5) is 22.0. The lowest BCUT2D eigenvalue weighted by atomic mass is 10.1. The van der Waals surface area contributed by atoms with Gasteiger partial charge in [-0.25, -0.2) is 4.98 Å². The van der Waals surface area contributed by atoms with E-state index in [1.54, 1.807) is 11.0 Å². The van der Waals surface area contributed by atoms with E-state index >= 15 is 0 Å². The summed E-state index contributed by atoms with van der Waals surface area (Å²) in [5, 5.41) is 0.598. The number of hydrogen-bond donors (Lipinski definition) is 1. The van der Waals surface area contributed by atoms with Gasteiger partial charge in [-0.3, -0.25) is 4.79 Å². The zero-order valence-corrected chi connectivity index (χ0v) is 13.8. The highest BCUT2D eigenvalue weighted by Gasteiger charge is 2.34. The zero-order valence-electron chi connectivity index (χ0n) is 12.2. The lowest BCUT2D eigenvalue weighted by Gasteiger charge is -2.17. The minimum atomic E-state index is 0. The van der Waals surface area contributed by atoms with Crippen molar-refractivity contribution in [3.8, 4) is 0 Å². The summed E-state index contributed by atoms with van der Waals surface area (Å²) in [6, 6.07) is 15.3. The third-order valence-electron chi connectivity index (χ3n) is 4.06. The van der Waals surface area contributed by atoms with Crippen LogP contribution in [-0.4, -0.2) is 22.4 Å². The first kappa shape index (κ1) is 15.8.